The second-order valence-corrected chi connectivity index (χ2v) is 8.52. The van der Waals surface area contributed by atoms with Crippen LogP contribution in [0.1, 0.15) is 61.1 Å². The molecule has 160 valence electrons. The lowest BCUT2D eigenvalue weighted by Gasteiger charge is -2.28. The summed E-state index contributed by atoms with van der Waals surface area (Å²) in [6.45, 7) is 0.872. The first-order valence-corrected chi connectivity index (χ1v) is 11.1. The molecule has 0 radical (unpaired) electrons. The van der Waals surface area contributed by atoms with E-state index in [2.05, 4.69) is 36.1 Å². The Bertz CT molecular complexity index is 1080. The molecule has 0 spiro atoms. The maximum absolute atomic E-state index is 13.8. The van der Waals surface area contributed by atoms with Crippen molar-refractivity contribution in [2.24, 2.45) is 5.92 Å². The zero-order chi connectivity index (χ0) is 21.6. The molecule has 1 aliphatic rings. The van der Waals surface area contributed by atoms with E-state index in [1.165, 1.54) is 44.1 Å². The number of halogens is 2. The Morgan fingerprint density at radius 3 is 2.32 bits per heavy atom. The summed E-state index contributed by atoms with van der Waals surface area (Å²) in [4.78, 5) is 0. The molecule has 31 heavy (non-hydrogen) atoms. The third-order valence-electron chi connectivity index (χ3n) is 6.45. The van der Waals surface area contributed by atoms with Crippen LogP contribution in [0.5, 0.6) is 0 Å². The highest BCUT2D eigenvalue weighted by molar-refractivity contribution is 5.84. The summed E-state index contributed by atoms with van der Waals surface area (Å²) in [5.41, 5.74) is 3.15. The van der Waals surface area contributed by atoms with Gasteiger partial charge in [0.05, 0.1) is 0 Å². The fourth-order valence-corrected chi connectivity index (χ4v) is 4.63. The fraction of sp³-hybridized carbons (Fsp3) is 0.357. The average Bonchev–Trinajstić information content (AvgIpc) is 2.81. The van der Waals surface area contributed by atoms with E-state index in [0.29, 0.717) is 11.3 Å². The van der Waals surface area contributed by atoms with Crippen molar-refractivity contribution >= 4 is 10.8 Å². The van der Waals surface area contributed by atoms with Crippen molar-refractivity contribution in [3.8, 4) is 11.8 Å². The van der Waals surface area contributed by atoms with Gasteiger partial charge in [-0.25, -0.2) is 8.78 Å². The maximum Gasteiger partial charge on any atom is 0.166 e. The van der Waals surface area contributed by atoms with Gasteiger partial charge >= 0.3 is 0 Å². The first-order valence-electron chi connectivity index (χ1n) is 11.1. The molecule has 4 rings (SSSR count). The van der Waals surface area contributed by atoms with Crippen molar-refractivity contribution in [1.82, 2.24) is 0 Å². The van der Waals surface area contributed by atoms with E-state index in [0.717, 1.165) is 29.7 Å². The average molecular weight is 419 g/mol. The zero-order valence-electron chi connectivity index (χ0n) is 18.0. The lowest BCUT2D eigenvalue weighted by atomic mass is 9.77. The van der Waals surface area contributed by atoms with Crippen LogP contribution in [0.3, 0.4) is 0 Å². The lowest BCUT2D eigenvalue weighted by molar-refractivity contribution is 0.180. The second kappa shape index (κ2) is 10.1. The summed E-state index contributed by atoms with van der Waals surface area (Å²) in [6.07, 6.45) is 7.59. The lowest BCUT2D eigenvalue weighted by Crippen LogP contribution is -2.13. The Labute approximate surface area is 183 Å². The van der Waals surface area contributed by atoms with Gasteiger partial charge in [-0.15, -0.1) is 0 Å². The van der Waals surface area contributed by atoms with Crippen LogP contribution >= 0.6 is 0 Å². The Hall–Kier alpha value is -2.70. The van der Waals surface area contributed by atoms with E-state index in [-0.39, 0.29) is 5.39 Å². The summed E-state index contributed by atoms with van der Waals surface area (Å²) >= 11 is 0. The highest BCUT2D eigenvalue weighted by atomic mass is 19.2. The Balaban J connectivity index is 1.38. The normalized spacial score (nSPS) is 18.5. The highest BCUT2D eigenvalue weighted by Gasteiger charge is 2.21. The van der Waals surface area contributed by atoms with Gasteiger partial charge in [-0.1, -0.05) is 36.1 Å². The molecule has 0 atom stereocenters. The Kier molecular flexibility index (Phi) is 6.99. The molecule has 3 aromatic carbocycles. The van der Waals surface area contributed by atoms with Gasteiger partial charge in [0.25, 0.3) is 0 Å². The zero-order valence-corrected chi connectivity index (χ0v) is 18.0. The van der Waals surface area contributed by atoms with Crippen LogP contribution in [0.25, 0.3) is 10.8 Å². The molecule has 0 amide bonds. The van der Waals surface area contributed by atoms with Crippen molar-refractivity contribution in [2.45, 2.75) is 44.4 Å². The molecule has 1 nitrogen and oxygen atoms in total. The quantitative estimate of drug-likeness (QED) is 0.314. The van der Waals surface area contributed by atoms with Gasteiger partial charge in [0.15, 0.2) is 11.6 Å². The molecule has 0 aromatic heterocycles. The van der Waals surface area contributed by atoms with Crippen LogP contribution in [0.15, 0.2) is 54.6 Å². The molecule has 1 fully saturated rings. The molecule has 0 unspecified atom stereocenters. The van der Waals surface area contributed by atoms with Gasteiger partial charge in [-0.2, -0.15) is 0 Å². The van der Waals surface area contributed by atoms with Crippen LogP contribution in [-0.4, -0.2) is 13.7 Å². The molecule has 1 aliphatic carbocycles. The maximum atomic E-state index is 13.8. The summed E-state index contributed by atoms with van der Waals surface area (Å²) in [6, 6.07) is 16.4. The Morgan fingerprint density at radius 1 is 0.871 bits per heavy atom. The number of hydrogen-bond acceptors (Lipinski definition) is 1. The molecular weight excluding hydrogens is 390 g/mol. The largest absolute Gasteiger partial charge is 0.385 e. The van der Waals surface area contributed by atoms with E-state index in [1.54, 1.807) is 31.4 Å². The van der Waals surface area contributed by atoms with E-state index >= 15 is 0 Å². The van der Waals surface area contributed by atoms with E-state index < -0.39 is 11.6 Å². The molecular formula is C28H28F2O. The third kappa shape index (κ3) is 5.32. The number of ether oxygens (including phenoxy) is 1. The number of benzene rings is 3. The van der Waals surface area contributed by atoms with E-state index in [1.807, 2.05) is 0 Å². The standard InChI is InChI=1S/C28H28F2O/c1-31-18-2-3-20-6-11-23(12-7-20)24-13-8-21(9-14-24)4-5-22-10-16-26-25(19-22)15-17-27(29)28(26)30/h8-10,13-17,19-20,23H,2-3,6-7,11-12,18H2,1H3. The Morgan fingerprint density at radius 2 is 1.58 bits per heavy atom. The number of methoxy groups -OCH3 is 1. The minimum atomic E-state index is -0.828. The molecule has 3 heteroatoms. The van der Waals surface area contributed by atoms with Crippen molar-refractivity contribution in [3.63, 3.8) is 0 Å². The monoisotopic (exact) mass is 418 g/mol. The van der Waals surface area contributed by atoms with Crippen molar-refractivity contribution in [2.75, 3.05) is 13.7 Å². The van der Waals surface area contributed by atoms with Crippen molar-refractivity contribution in [1.29, 1.82) is 0 Å². The molecule has 0 aliphatic heterocycles. The predicted molar refractivity (Wildman–Crippen MR) is 122 cm³/mol. The third-order valence-corrected chi connectivity index (χ3v) is 6.45. The molecule has 1 saturated carbocycles. The molecule has 0 heterocycles. The summed E-state index contributed by atoms with van der Waals surface area (Å²) in [5.74, 6) is 6.19. The van der Waals surface area contributed by atoms with Crippen LogP contribution in [0.4, 0.5) is 8.78 Å². The van der Waals surface area contributed by atoms with Crippen LogP contribution < -0.4 is 0 Å². The smallest absolute Gasteiger partial charge is 0.166 e. The topological polar surface area (TPSA) is 9.23 Å². The number of rotatable bonds is 5. The van der Waals surface area contributed by atoms with Crippen molar-refractivity contribution in [3.05, 3.63) is 82.9 Å². The van der Waals surface area contributed by atoms with Gasteiger partial charge in [-0.05, 0) is 91.6 Å². The summed E-state index contributed by atoms with van der Waals surface area (Å²) in [7, 11) is 1.77. The van der Waals surface area contributed by atoms with Gasteiger partial charge in [0, 0.05) is 30.2 Å². The first-order chi connectivity index (χ1) is 15.1. The number of hydrogen-bond donors (Lipinski definition) is 0. The van der Waals surface area contributed by atoms with Crippen molar-refractivity contribution < 1.29 is 13.5 Å². The van der Waals surface area contributed by atoms with Crippen LogP contribution in [-0.2, 0) is 4.74 Å². The van der Waals surface area contributed by atoms with Crippen LogP contribution in [0.2, 0.25) is 0 Å². The second-order valence-electron chi connectivity index (χ2n) is 8.52. The summed E-state index contributed by atoms with van der Waals surface area (Å²) in [5, 5.41) is 0.933. The van der Waals surface area contributed by atoms with E-state index in [4.69, 9.17) is 4.74 Å². The van der Waals surface area contributed by atoms with Gasteiger partial charge in [0.1, 0.15) is 0 Å². The minimum absolute atomic E-state index is 0.281. The van der Waals surface area contributed by atoms with Gasteiger partial charge < -0.3 is 4.74 Å². The number of fused-ring (bicyclic) bond motifs is 1. The van der Waals surface area contributed by atoms with E-state index in [9.17, 15) is 8.78 Å². The van der Waals surface area contributed by atoms with Crippen LogP contribution in [0, 0.1) is 29.4 Å². The van der Waals surface area contributed by atoms with Gasteiger partial charge in [-0.3, -0.25) is 0 Å². The SMILES string of the molecule is COCCCC1CCC(c2ccc(C#Cc3ccc4c(F)c(F)ccc4c3)cc2)CC1. The van der Waals surface area contributed by atoms with Gasteiger partial charge in [0.2, 0.25) is 0 Å². The molecule has 0 saturated heterocycles. The minimum Gasteiger partial charge on any atom is -0.385 e. The predicted octanol–water partition coefficient (Wildman–Crippen LogP) is 7.22. The first kappa shape index (κ1) is 21.5. The fourth-order valence-electron chi connectivity index (χ4n) is 4.63. The molecule has 0 N–H and O–H groups in total. The molecule has 3 aromatic rings. The highest BCUT2D eigenvalue weighted by Crippen LogP contribution is 2.37. The summed E-state index contributed by atoms with van der Waals surface area (Å²) < 4.78 is 32.4. The molecule has 0 bridgehead atoms.